The van der Waals surface area contributed by atoms with E-state index in [1.54, 1.807) is 0 Å². The van der Waals surface area contributed by atoms with E-state index in [1.165, 1.54) is 0 Å². The minimum absolute atomic E-state index is 0. The standard InChI is InChI=1S/2CH3.S.Sn/h2*1H3;;/q;;-2;+2. The van der Waals surface area contributed by atoms with Crippen LogP contribution in [0.4, 0.5) is 0 Å². The van der Waals surface area contributed by atoms with Gasteiger partial charge in [0.05, 0.1) is 0 Å². The number of hydrogen-bond acceptors (Lipinski definition) is 0. The molecule has 0 atom stereocenters. The van der Waals surface area contributed by atoms with Crippen LogP contribution in [-0.2, 0) is 13.5 Å². The third-order valence-electron chi connectivity index (χ3n) is 0. The van der Waals surface area contributed by atoms with Gasteiger partial charge in [-0.2, -0.15) is 0 Å². The van der Waals surface area contributed by atoms with Crippen LogP contribution in [0.1, 0.15) is 0 Å². The molecule has 0 fully saturated rings. The van der Waals surface area contributed by atoms with Crippen molar-refractivity contribution in [3.05, 3.63) is 0 Å². The second-order valence-corrected chi connectivity index (χ2v) is 3.35. The van der Waals surface area contributed by atoms with Gasteiger partial charge < -0.3 is 13.5 Å². The van der Waals surface area contributed by atoms with E-state index in [4.69, 9.17) is 0 Å². The summed E-state index contributed by atoms with van der Waals surface area (Å²) in [5, 5.41) is 0. The van der Waals surface area contributed by atoms with Crippen LogP contribution >= 0.6 is 0 Å². The minimum atomic E-state index is 0. The van der Waals surface area contributed by atoms with Crippen molar-refractivity contribution in [2.75, 3.05) is 0 Å². The second kappa shape index (κ2) is 8.91. The zero-order valence-electron chi connectivity index (χ0n) is 2.91. The Morgan fingerprint density at radius 1 is 1.25 bits per heavy atom. The summed E-state index contributed by atoms with van der Waals surface area (Å²) < 4.78 is 0. The maximum atomic E-state index is 2.30. The van der Waals surface area contributed by atoms with Gasteiger partial charge in [-0.05, 0) is 0 Å². The van der Waals surface area contributed by atoms with E-state index in [1.807, 2.05) is 0 Å². The molecule has 0 bridgehead atoms. The van der Waals surface area contributed by atoms with Crippen molar-refractivity contribution < 1.29 is 0 Å². The summed E-state index contributed by atoms with van der Waals surface area (Å²) in [4.78, 5) is 4.59. The van der Waals surface area contributed by atoms with Crippen LogP contribution in [-0.4, -0.2) is 21.1 Å². The Bertz CT molecular complexity index is 6.00. The Balaban J connectivity index is 0. The predicted molar refractivity (Wildman–Crippen MR) is 24.8 cm³/mol. The summed E-state index contributed by atoms with van der Waals surface area (Å²) >= 11 is 0.230. The first-order chi connectivity index (χ1) is 1.41. The topological polar surface area (TPSA) is 0 Å². The molecule has 0 N–H and O–H groups in total. The van der Waals surface area contributed by atoms with Crippen LogP contribution in [0.25, 0.3) is 0 Å². The molecule has 24 valence electrons. The van der Waals surface area contributed by atoms with E-state index in [-0.39, 0.29) is 34.6 Å². The fourth-order valence-corrected chi connectivity index (χ4v) is 0. The first kappa shape index (κ1) is 8.94. The molecular formula is C2H6SSn. The monoisotopic (exact) mass is 182 g/mol. The molecule has 0 aromatic carbocycles. The Labute approximate surface area is 44.6 Å². The molecule has 0 amide bonds. The average Bonchev–Trinajstić information content (AvgIpc) is 0.918. The fourth-order valence-electron chi connectivity index (χ4n) is 0. The van der Waals surface area contributed by atoms with Crippen LogP contribution in [0.2, 0.25) is 9.88 Å². The molecule has 0 spiro atoms. The van der Waals surface area contributed by atoms with Crippen molar-refractivity contribution in [3.8, 4) is 0 Å². The molecular weight excluding hydrogens is 175 g/mol. The molecule has 0 aliphatic heterocycles. The van der Waals surface area contributed by atoms with Crippen LogP contribution in [0.3, 0.4) is 0 Å². The van der Waals surface area contributed by atoms with Crippen molar-refractivity contribution in [1.82, 2.24) is 0 Å². The summed E-state index contributed by atoms with van der Waals surface area (Å²) in [6.07, 6.45) is 0. The smallest absolute Gasteiger partial charge is 2.00 e. The quantitative estimate of drug-likeness (QED) is 0.484. The van der Waals surface area contributed by atoms with E-state index in [0.717, 1.165) is 0 Å². The maximum absolute atomic E-state index is 2.30. The van der Waals surface area contributed by atoms with Crippen LogP contribution in [0.5, 0.6) is 0 Å². The van der Waals surface area contributed by atoms with Gasteiger partial charge in [-0.3, -0.25) is 0 Å². The van der Waals surface area contributed by atoms with Gasteiger partial charge in [0.25, 0.3) is 0 Å². The molecule has 0 aliphatic rings. The summed E-state index contributed by atoms with van der Waals surface area (Å²) in [5.74, 6) is 0. The fraction of sp³-hybridized carbons (Fsp3) is 1.00. The average molecular weight is 181 g/mol. The van der Waals surface area contributed by atoms with Gasteiger partial charge in [-0.25, -0.2) is 0 Å². The van der Waals surface area contributed by atoms with E-state index in [0.29, 0.717) is 0 Å². The third-order valence-corrected chi connectivity index (χ3v) is 0. The first-order valence-electron chi connectivity index (χ1n) is 1.00. The number of hydrogen-bond donors (Lipinski definition) is 0. The Kier molecular flexibility index (Phi) is 19.9. The van der Waals surface area contributed by atoms with Crippen molar-refractivity contribution in [1.29, 1.82) is 0 Å². The predicted octanol–water partition coefficient (Wildman–Crippen LogP) is 0.784. The minimum Gasteiger partial charge on any atom is -2.00 e. The molecule has 0 aromatic heterocycles. The summed E-state index contributed by atoms with van der Waals surface area (Å²) in [6, 6.07) is 0. The molecule has 0 rings (SSSR count). The summed E-state index contributed by atoms with van der Waals surface area (Å²) in [7, 11) is 0. The van der Waals surface area contributed by atoms with Gasteiger partial charge in [-0.15, -0.1) is 0 Å². The summed E-state index contributed by atoms with van der Waals surface area (Å²) in [5.41, 5.74) is 0. The third kappa shape index (κ3) is 11.0. The molecule has 0 nitrogen and oxygen atoms in total. The van der Waals surface area contributed by atoms with E-state index >= 15 is 0 Å². The van der Waals surface area contributed by atoms with Crippen LogP contribution < -0.4 is 0 Å². The van der Waals surface area contributed by atoms with Gasteiger partial charge >= 0.3 is 31.0 Å². The molecule has 0 radical (unpaired) electrons. The zero-order valence-corrected chi connectivity index (χ0v) is 6.58. The van der Waals surface area contributed by atoms with Crippen molar-refractivity contribution in [3.63, 3.8) is 0 Å². The maximum Gasteiger partial charge on any atom is -2.00 e. The largest absolute Gasteiger partial charge is 2.00 e. The van der Waals surface area contributed by atoms with Crippen molar-refractivity contribution >= 4 is 34.6 Å². The van der Waals surface area contributed by atoms with Gasteiger partial charge in [0, 0.05) is 0 Å². The summed E-state index contributed by atoms with van der Waals surface area (Å²) in [6.45, 7) is 0. The molecule has 0 aromatic rings. The van der Waals surface area contributed by atoms with Gasteiger partial charge in [0.1, 0.15) is 0 Å². The molecule has 4 heavy (non-hydrogen) atoms. The van der Waals surface area contributed by atoms with Crippen LogP contribution in [0, 0.1) is 0 Å². The van der Waals surface area contributed by atoms with Gasteiger partial charge in [0.15, 0.2) is 0 Å². The Hall–Kier alpha value is 1.15. The van der Waals surface area contributed by atoms with Crippen molar-refractivity contribution in [2.24, 2.45) is 0 Å². The van der Waals surface area contributed by atoms with E-state index in [2.05, 4.69) is 9.88 Å². The first-order valence-corrected chi connectivity index (χ1v) is 6.71. The SMILES string of the molecule is [CH3][Sn+2][CH3].[S-2]. The number of rotatable bonds is 0. The molecule has 0 saturated carbocycles. The Morgan fingerprint density at radius 2 is 1.25 bits per heavy atom. The second-order valence-electron chi connectivity index (χ2n) is 0.500. The normalized spacial score (nSPS) is 2.50. The Morgan fingerprint density at radius 3 is 1.25 bits per heavy atom. The van der Waals surface area contributed by atoms with Gasteiger partial charge in [0.2, 0.25) is 0 Å². The van der Waals surface area contributed by atoms with E-state index in [9.17, 15) is 0 Å². The molecule has 0 saturated heterocycles. The molecule has 0 aliphatic carbocycles. The zero-order chi connectivity index (χ0) is 2.71. The molecule has 0 unspecified atom stereocenters. The molecule has 2 heteroatoms. The molecule has 0 heterocycles. The van der Waals surface area contributed by atoms with Crippen LogP contribution in [0.15, 0.2) is 0 Å². The van der Waals surface area contributed by atoms with Gasteiger partial charge in [-0.1, -0.05) is 0 Å². The van der Waals surface area contributed by atoms with Crippen molar-refractivity contribution in [2.45, 2.75) is 9.88 Å². The van der Waals surface area contributed by atoms with E-state index < -0.39 is 0 Å².